The van der Waals surface area contributed by atoms with Crippen LogP contribution in [-0.2, 0) is 12.8 Å². The van der Waals surface area contributed by atoms with Gasteiger partial charge in [-0.05, 0) is 25.8 Å². The Morgan fingerprint density at radius 3 is 2.58 bits per heavy atom. The van der Waals surface area contributed by atoms with Gasteiger partial charge in [0.2, 0.25) is 0 Å². The summed E-state index contributed by atoms with van der Waals surface area (Å²) < 4.78 is 0. The van der Waals surface area contributed by atoms with Crippen LogP contribution in [0.15, 0.2) is 24.3 Å². The molecule has 1 aromatic heterocycles. The smallest absolute Gasteiger partial charge is 0.135 e. The quantitative estimate of drug-likeness (QED) is 0.911. The summed E-state index contributed by atoms with van der Waals surface area (Å²) in [5.74, 6) is 1.83. The largest absolute Gasteiger partial charge is 0.373 e. The van der Waals surface area contributed by atoms with Gasteiger partial charge >= 0.3 is 0 Å². The molecule has 0 spiro atoms. The third kappa shape index (κ3) is 3.11. The van der Waals surface area contributed by atoms with Crippen LogP contribution in [0, 0.1) is 13.8 Å². The molecule has 0 radical (unpaired) electrons. The van der Waals surface area contributed by atoms with Crippen LogP contribution in [0.2, 0.25) is 0 Å². The SMILES string of the molecule is CCc1nc(Cc2cccc(C)c2)nc(NC)c1C. The molecule has 1 heterocycles. The maximum atomic E-state index is 4.67. The van der Waals surface area contributed by atoms with Crippen molar-refractivity contribution >= 4 is 5.82 Å². The highest BCUT2D eigenvalue weighted by Crippen LogP contribution is 2.17. The van der Waals surface area contributed by atoms with Crippen molar-refractivity contribution < 1.29 is 0 Å². The Bertz CT molecular complexity index is 551. The Hall–Kier alpha value is -1.90. The molecule has 0 aliphatic heterocycles. The van der Waals surface area contributed by atoms with Crippen molar-refractivity contribution in [2.45, 2.75) is 33.6 Å². The molecule has 0 fully saturated rings. The highest BCUT2D eigenvalue weighted by atomic mass is 15.0. The summed E-state index contributed by atoms with van der Waals surface area (Å²) >= 11 is 0. The molecule has 1 aromatic carbocycles. The maximum Gasteiger partial charge on any atom is 0.135 e. The van der Waals surface area contributed by atoms with Gasteiger partial charge < -0.3 is 5.32 Å². The van der Waals surface area contributed by atoms with E-state index in [1.807, 2.05) is 7.05 Å². The predicted octanol–water partition coefficient (Wildman–Crippen LogP) is 3.29. The number of aryl methyl sites for hydroxylation is 2. The molecule has 0 aliphatic carbocycles. The summed E-state index contributed by atoms with van der Waals surface area (Å²) in [6.45, 7) is 6.31. The van der Waals surface area contributed by atoms with Crippen LogP contribution < -0.4 is 5.32 Å². The fraction of sp³-hybridized carbons (Fsp3) is 0.375. The molecule has 1 N–H and O–H groups in total. The van der Waals surface area contributed by atoms with E-state index >= 15 is 0 Å². The number of benzene rings is 1. The fourth-order valence-corrected chi connectivity index (χ4v) is 2.29. The van der Waals surface area contributed by atoms with Crippen molar-refractivity contribution in [3.8, 4) is 0 Å². The Kier molecular flexibility index (Phi) is 4.15. The first-order valence-electron chi connectivity index (χ1n) is 6.73. The molecule has 100 valence electrons. The van der Waals surface area contributed by atoms with Crippen molar-refractivity contribution in [3.63, 3.8) is 0 Å². The summed E-state index contributed by atoms with van der Waals surface area (Å²) in [5.41, 5.74) is 4.81. The zero-order chi connectivity index (χ0) is 13.8. The lowest BCUT2D eigenvalue weighted by Gasteiger charge is -2.11. The van der Waals surface area contributed by atoms with Crippen molar-refractivity contribution in [1.82, 2.24) is 9.97 Å². The Morgan fingerprint density at radius 1 is 1.16 bits per heavy atom. The first-order chi connectivity index (χ1) is 9.13. The average molecular weight is 255 g/mol. The molecule has 0 unspecified atom stereocenters. The minimum Gasteiger partial charge on any atom is -0.373 e. The van der Waals surface area contributed by atoms with Crippen molar-refractivity contribution in [2.75, 3.05) is 12.4 Å². The zero-order valence-corrected chi connectivity index (χ0v) is 12.1. The van der Waals surface area contributed by atoms with E-state index in [-0.39, 0.29) is 0 Å². The van der Waals surface area contributed by atoms with Gasteiger partial charge in [-0.15, -0.1) is 0 Å². The van der Waals surface area contributed by atoms with Crippen LogP contribution >= 0.6 is 0 Å². The van der Waals surface area contributed by atoms with Gasteiger partial charge in [-0.25, -0.2) is 9.97 Å². The molecule has 2 aromatic rings. The van der Waals surface area contributed by atoms with E-state index < -0.39 is 0 Å². The molecule has 0 aliphatic rings. The molecular formula is C16H21N3. The number of aromatic nitrogens is 2. The molecule has 2 rings (SSSR count). The number of anilines is 1. The van der Waals surface area contributed by atoms with E-state index in [0.29, 0.717) is 0 Å². The second-order valence-corrected chi connectivity index (χ2v) is 4.83. The van der Waals surface area contributed by atoms with Gasteiger partial charge in [0.15, 0.2) is 0 Å². The van der Waals surface area contributed by atoms with Crippen LogP contribution in [0.1, 0.15) is 35.1 Å². The first-order valence-corrected chi connectivity index (χ1v) is 6.73. The Morgan fingerprint density at radius 2 is 1.95 bits per heavy atom. The second kappa shape index (κ2) is 5.83. The van der Waals surface area contributed by atoms with Crippen molar-refractivity contribution in [3.05, 3.63) is 52.5 Å². The monoisotopic (exact) mass is 255 g/mol. The molecule has 3 heteroatoms. The summed E-state index contributed by atoms with van der Waals surface area (Å²) in [6, 6.07) is 8.50. The van der Waals surface area contributed by atoms with Crippen LogP contribution in [0.3, 0.4) is 0 Å². The summed E-state index contributed by atoms with van der Waals surface area (Å²) in [6.07, 6.45) is 1.72. The van der Waals surface area contributed by atoms with Crippen molar-refractivity contribution in [2.24, 2.45) is 0 Å². The second-order valence-electron chi connectivity index (χ2n) is 4.83. The summed E-state index contributed by atoms with van der Waals surface area (Å²) in [4.78, 5) is 9.28. The van der Waals surface area contributed by atoms with Gasteiger partial charge in [-0.2, -0.15) is 0 Å². The number of rotatable bonds is 4. The lowest BCUT2D eigenvalue weighted by molar-refractivity contribution is 0.890. The minimum absolute atomic E-state index is 0.781. The lowest BCUT2D eigenvalue weighted by Crippen LogP contribution is -2.07. The Labute approximate surface area is 115 Å². The highest BCUT2D eigenvalue weighted by Gasteiger charge is 2.09. The van der Waals surface area contributed by atoms with Gasteiger partial charge in [-0.1, -0.05) is 36.8 Å². The van der Waals surface area contributed by atoms with Gasteiger partial charge in [0.1, 0.15) is 11.6 Å². The standard InChI is InChI=1S/C16H21N3/c1-5-14-12(3)16(17-4)19-15(18-14)10-13-8-6-7-11(2)9-13/h6-9H,5,10H2,1-4H3,(H,17,18,19). The van der Waals surface area contributed by atoms with Crippen LogP contribution in [-0.4, -0.2) is 17.0 Å². The zero-order valence-electron chi connectivity index (χ0n) is 12.1. The molecule has 0 atom stereocenters. The topological polar surface area (TPSA) is 37.8 Å². The van der Waals surface area contributed by atoms with Gasteiger partial charge in [0, 0.05) is 24.7 Å². The van der Waals surface area contributed by atoms with Crippen molar-refractivity contribution in [1.29, 1.82) is 0 Å². The van der Waals surface area contributed by atoms with E-state index in [4.69, 9.17) is 0 Å². The highest BCUT2D eigenvalue weighted by molar-refractivity contribution is 5.45. The predicted molar refractivity (Wildman–Crippen MR) is 79.7 cm³/mol. The molecule has 0 saturated carbocycles. The van der Waals surface area contributed by atoms with Crippen LogP contribution in [0.5, 0.6) is 0 Å². The number of hydrogen-bond acceptors (Lipinski definition) is 3. The average Bonchev–Trinajstić information content (AvgIpc) is 2.40. The third-order valence-electron chi connectivity index (χ3n) is 3.31. The van der Waals surface area contributed by atoms with Crippen LogP contribution in [0.25, 0.3) is 0 Å². The first kappa shape index (κ1) is 13.5. The van der Waals surface area contributed by atoms with Gasteiger partial charge in [0.05, 0.1) is 0 Å². The number of nitrogens with zero attached hydrogens (tertiary/aromatic N) is 2. The van der Waals surface area contributed by atoms with Gasteiger partial charge in [-0.3, -0.25) is 0 Å². The van der Waals surface area contributed by atoms with Crippen LogP contribution in [0.4, 0.5) is 5.82 Å². The summed E-state index contributed by atoms with van der Waals surface area (Å²) in [5, 5.41) is 3.16. The lowest BCUT2D eigenvalue weighted by atomic mass is 10.1. The molecular weight excluding hydrogens is 234 g/mol. The number of hydrogen-bond donors (Lipinski definition) is 1. The Balaban J connectivity index is 2.35. The summed E-state index contributed by atoms with van der Waals surface area (Å²) in [7, 11) is 1.91. The molecule has 0 saturated heterocycles. The molecule has 0 amide bonds. The molecule has 19 heavy (non-hydrogen) atoms. The van der Waals surface area contributed by atoms with Gasteiger partial charge in [0.25, 0.3) is 0 Å². The molecule has 0 bridgehead atoms. The number of nitrogens with one attached hydrogen (secondary N) is 1. The van der Waals surface area contributed by atoms with E-state index in [9.17, 15) is 0 Å². The fourth-order valence-electron chi connectivity index (χ4n) is 2.29. The third-order valence-corrected chi connectivity index (χ3v) is 3.31. The van der Waals surface area contributed by atoms with E-state index in [2.05, 4.69) is 60.3 Å². The van der Waals surface area contributed by atoms with E-state index in [0.717, 1.165) is 35.7 Å². The molecule has 3 nitrogen and oxygen atoms in total. The normalized spacial score (nSPS) is 10.5. The van der Waals surface area contributed by atoms with E-state index in [1.54, 1.807) is 0 Å². The minimum atomic E-state index is 0.781. The maximum absolute atomic E-state index is 4.67. The van der Waals surface area contributed by atoms with E-state index in [1.165, 1.54) is 11.1 Å².